The average molecular weight is 531 g/mol. The Labute approximate surface area is 231 Å². The molecule has 3 aliphatic rings. The van der Waals surface area contributed by atoms with E-state index in [2.05, 4.69) is 76.2 Å². The predicted molar refractivity (Wildman–Crippen MR) is 152 cm³/mol. The Balaban J connectivity index is 1.14. The Morgan fingerprint density at radius 3 is 2.46 bits per heavy atom. The van der Waals surface area contributed by atoms with Crippen molar-refractivity contribution < 1.29 is 8.78 Å². The molecule has 2 aliphatic carbocycles. The molecule has 1 aromatic heterocycles. The van der Waals surface area contributed by atoms with Gasteiger partial charge in [-0.1, -0.05) is 54.6 Å². The van der Waals surface area contributed by atoms with Gasteiger partial charge in [-0.2, -0.15) is 0 Å². The van der Waals surface area contributed by atoms with Crippen molar-refractivity contribution in [2.45, 2.75) is 95.0 Å². The molecule has 2 atom stereocenters. The van der Waals surface area contributed by atoms with Crippen LogP contribution in [-0.2, 0) is 32.5 Å². The van der Waals surface area contributed by atoms with Crippen LogP contribution in [0.4, 0.5) is 8.78 Å². The van der Waals surface area contributed by atoms with E-state index < -0.39 is 5.92 Å². The zero-order valence-corrected chi connectivity index (χ0v) is 22.7. The van der Waals surface area contributed by atoms with E-state index in [4.69, 9.17) is 4.98 Å². The van der Waals surface area contributed by atoms with Gasteiger partial charge in [0.2, 0.25) is 5.92 Å². The first-order chi connectivity index (χ1) is 19.0. The van der Waals surface area contributed by atoms with Gasteiger partial charge in [0.25, 0.3) is 0 Å². The fraction of sp³-hybridized carbons (Fsp3) is 0.485. The summed E-state index contributed by atoms with van der Waals surface area (Å²) in [5.74, 6) is -2.48. The number of nitrogens with zero attached hydrogens (tertiary/aromatic N) is 2. The van der Waals surface area contributed by atoms with E-state index in [-0.39, 0.29) is 18.9 Å². The predicted octanol–water partition coefficient (Wildman–Crippen LogP) is 6.34. The number of hydrogen-bond donors (Lipinski definition) is 2. The molecule has 0 bridgehead atoms. The molecule has 1 fully saturated rings. The second-order valence-electron chi connectivity index (χ2n) is 11.8. The molecule has 2 heterocycles. The Bertz CT molecular complexity index is 1230. The first-order valence-electron chi connectivity index (χ1n) is 14.7. The number of aryl methyl sites for hydroxylation is 1. The van der Waals surface area contributed by atoms with Gasteiger partial charge in [0.05, 0.1) is 11.7 Å². The van der Waals surface area contributed by atoms with E-state index >= 15 is 0 Å². The van der Waals surface area contributed by atoms with Crippen LogP contribution in [0, 0.1) is 0 Å². The lowest BCUT2D eigenvalue weighted by molar-refractivity contribution is -0.0405. The third kappa shape index (κ3) is 6.56. The highest BCUT2D eigenvalue weighted by atomic mass is 19.3. The minimum atomic E-state index is -2.48. The van der Waals surface area contributed by atoms with Crippen molar-refractivity contribution in [3.8, 4) is 0 Å². The monoisotopic (exact) mass is 530 g/mol. The van der Waals surface area contributed by atoms with E-state index in [1.807, 2.05) is 6.20 Å². The van der Waals surface area contributed by atoms with Crippen LogP contribution in [0.2, 0.25) is 0 Å². The molecule has 2 N–H and O–H groups in total. The number of pyridine rings is 1. The van der Waals surface area contributed by atoms with Crippen molar-refractivity contribution >= 4 is 0 Å². The number of aromatic nitrogens is 1. The van der Waals surface area contributed by atoms with Crippen molar-refractivity contribution in [3.63, 3.8) is 0 Å². The quantitative estimate of drug-likeness (QED) is 0.356. The van der Waals surface area contributed by atoms with Crippen LogP contribution in [0.3, 0.4) is 0 Å². The molecule has 4 nitrogen and oxygen atoms in total. The Kier molecular flexibility index (Phi) is 8.05. The summed E-state index contributed by atoms with van der Waals surface area (Å²) in [5, 5.41) is 7.30. The summed E-state index contributed by atoms with van der Waals surface area (Å²) in [7, 11) is 0. The highest BCUT2D eigenvalue weighted by Gasteiger charge is 2.34. The zero-order chi connectivity index (χ0) is 26.7. The normalized spacial score (nSPS) is 22.8. The number of hydrogen-bond acceptors (Lipinski definition) is 4. The van der Waals surface area contributed by atoms with E-state index in [1.165, 1.54) is 39.9 Å². The maximum Gasteiger partial charge on any atom is 0.248 e. The first kappa shape index (κ1) is 26.5. The molecule has 0 amide bonds. The fourth-order valence-corrected chi connectivity index (χ4v) is 6.68. The van der Waals surface area contributed by atoms with Gasteiger partial charge in [0, 0.05) is 57.3 Å². The number of halogens is 2. The molecule has 1 saturated carbocycles. The van der Waals surface area contributed by atoms with Crippen molar-refractivity contribution in [3.05, 3.63) is 100 Å². The van der Waals surface area contributed by atoms with E-state index in [0.29, 0.717) is 24.9 Å². The van der Waals surface area contributed by atoms with Crippen LogP contribution in [0.1, 0.15) is 78.1 Å². The lowest BCUT2D eigenvalue weighted by atomic mass is 9.89. The molecule has 2 unspecified atom stereocenters. The van der Waals surface area contributed by atoms with Gasteiger partial charge in [0.1, 0.15) is 0 Å². The first-order valence-corrected chi connectivity index (χ1v) is 14.7. The summed E-state index contributed by atoms with van der Waals surface area (Å²) in [5.41, 5.74) is 8.02. The van der Waals surface area contributed by atoms with Crippen molar-refractivity contribution in [1.29, 1.82) is 0 Å². The molecule has 1 aliphatic heterocycles. The Morgan fingerprint density at radius 1 is 0.897 bits per heavy atom. The molecule has 6 rings (SSSR count). The van der Waals surface area contributed by atoms with Gasteiger partial charge in [-0.15, -0.1) is 0 Å². The number of alkyl halides is 2. The maximum atomic E-state index is 13.5. The molecular formula is C33H40F2N4. The molecule has 206 valence electrons. The largest absolute Gasteiger partial charge is 0.310 e. The standard InChI is InChI=1S/C33H40F2N4/c34-33(35)16-14-29(15-17-33)37-20-24-10-12-25(13-11-24)22-39(31-9-3-7-26-8-4-18-36-32(26)31)23-30-19-27-5-1-2-6-28(27)21-38-30/h1-2,4-6,8,10-13,18,29-31,37-38H,3,7,9,14-17,19-23H2. The van der Waals surface area contributed by atoms with Gasteiger partial charge in [-0.05, 0) is 72.4 Å². The molecule has 2 aromatic carbocycles. The van der Waals surface area contributed by atoms with Crippen LogP contribution in [0.25, 0.3) is 0 Å². The lowest BCUT2D eigenvalue weighted by Gasteiger charge is -2.38. The number of rotatable bonds is 8. The van der Waals surface area contributed by atoms with Gasteiger partial charge < -0.3 is 10.6 Å². The van der Waals surface area contributed by atoms with Gasteiger partial charge in [-0.25, -0.2) is 8.78 Å². The summed E-state index contributed by atoms with van der Waals surface area (Å²) in [6, 6.07) is 22.9. The van der Waals surface area contributed by atoms with Crippen molar-refractivity contribution in [1.82, 2.24) is 20.5 Å². The summed E-state index contributed by atoms with van der Waals surface area (Å²) in [4.78, 5) is 7.51. The smallest absolute Gasteiger partial charge is 0.248 e. The number of benzene rings is 2. The number of nitrogens with one attached hydrogen (secondary N) is 2. The summed E-state index contributed by atoms with van der Waals surface area (Å²) in [6.45, 7) is 3.51. The fourth-order valence-electron chi connectivity index (χ4n) is 6.68. The van der Waals surface area contributed by atoms with E-state index in [9.17, 15) is 8.78 Å². The lowest BCUT2D eigenvalue weighted by Crippen LogP contribution is -2.46. The Hall–Kier alpha value is -2.67. The van der Waals surface area contributed by atoms with Crippen molar-refractivity contribution in [2.75, 3.05) is 6.54 Å². The second kappa shape index (κ2) is 11.8. The van der Waals surface area contributed by atoms with Crippen LogP contribution >= 0.6 is 0 Å². The van der Waals surface area contributed by atoms with Gasteiger partial charge in [-0.3, -0.25) is 9.88 Å². The third-order valence-electron chi connectivity index (χ3n) is 8.95. The van der Waals surface area contributed by atoms with Crippen LogP contribution < -0.4 is 10.6 Å². The molecule has 3 aromatic rings. The zero-order valence-electron chi connectivity index (χ0n) is 22.7. The third-order valence-corrected chi connectivity index (χ3v) is 8.95. The minimum absolute atomic E-state index is 0.0000275. The summed E-state index contributed by atoms with van der Waals surface area (Å²) >= 11 is 0. The number of fused-ring (bicyclic) bond motifs is 2. The molecule has 0 spiro atoms. The molecule has 0 saturated heterocycles. The van der Waals surface area contributed by atoms with E-state index in [1.54, 1.807) is 0 Å². The average Bonchev–Trinajstić information content (AvgIpc) is 2.97. The summed E-state index contributed by atoms with van der Waals surface area (Å²) in [6.07, 6.45) is 7.54. The molecular weight excluding hydrogens is 490 g/mol. The summed E-state index contributed by atoms with van der Waals surface area (Å²) < 4.78 is 27.0. The Morgan fingerprint density at radius 2 is 1.64 bits per heavy atom. The van der Waals surface area contributed by atoms with Crippen LogP contribution in [-0.4, -0.2) is 34.4 Å². The second-order valence-corrected chi connectivity index (χ2v) is 11.8. The molecule has 0 radical (unpaired) electrons. The maximum absolute atomic E-state index is 13.5. The van der Waals surface area contributed by atoms with Gasteiger partial charge >= 0.3 is 0 Å². The SMILES string of the molecule is FC1(F)CCC(NCc2ccc(CN(CC3Cc4ccccc4CN3)C3CCCc4cccnc43)cc2)CC1. The van der Waals surface area contributed by atoms with Crippen LogP contribution in [0.15, 0.2) is 66.9 Å². The molecule has 39 heavy (non-hydrogen) atoms. The van der Waals surface area contributed by atoms with E-state index in [0.717, 1.165) is 45.4 Å². The highest BCUT2D eigenvalue weighted by molar-refractivity contribution is 5.31. The highest BCUT2D eigenvalue weighted by Crippen LogP contribution is 2.35. The van der Waals surface area contributed by atoms with Crippen molar-refractivity contribution in [2.24, 2.45) is 0 Å². The molecule has 6 heteroatoms. The van der Waals surface area contributed by atoms with Crippen LogP contribution in [0.5, 0.6) is 0 Å². The van der Waals surface area contributed by atoms with Gasteiger partial charge in [0.15, 0.2) is 0 Å². The minimum Gasteiger partial charge on any atom is -0.310 e. The topological polar surface area (TPSA) is 40.2 Å².